The zero-order chi connectivity index (χ0) is 36.7. The lowest BCUT2D eigenvalue weighted by Gasteiger charge is -2.33. The molecule has 266 valence electrons. The van der Waals surface area contributed by atoms with E-state index in [2.05, 4.69) is 36.7 Å². The summed E-state index contributed by atoms with van der Waals surface area (Å²) in [5, 5.41) is 8.49. The van der Waals surface area contributed by atoms with Gasteiger partial charge in [0.15, 0.2) is 0 Å². The molecule has 11 heteroatoms. The summed E-state index contributed by atoms with van der Waals surface area (Å²) in [6.07, 6.45) is 4.05. The topological polar surface area (TPSA) is 114 Å². The van der Waals surface area contributed by atoms with Crippen molar-refractivity contribution < 1.29 is 28.3 Å². The van der Waals surface area contributed by atoms with Gasteiger partial charge in [-0.25, -0.2) is 9.18 Å². The van der Waals surface area contributed by atoms with Crippen LogP contribution in [-0.4, -0.2) is 35.5 Å². The molecule has 0 saturated heterocycles. The van der Waals surface area contributed by atoms with Crippen LogP contribution >= 0.6 is 23.1 Å². The highest BCUT2D eigenvalue weighted by Crippen LogP contribution is 2.44. The van der Waals surface area contributed by atoms with Crippen molar-refractivity contribution >= 4 is 63.6 Å². The van der Waals surface area contributed by atoms with Crippen molar-refractivity contribution in [3.63, 3.8) is 0 Å². The molecule has 0 spiro atoms. The summed E-state index contributed by atoms with van der Waals surface area (Å²) in [6, 6.07) is 21.1. The number of thiophene rings is 1. The van der Waals surface area contributed by atoms with Crippen molar-refractivity contribution in [2.24, 2.45) is 11.3 Å². The number of hydrogen-bond acceptors (Lipinski definition) is 7. The number of carbonyl (C=O) groups is 4. The Morgan fingerprint density at radius 3 is 2.41 bits per heavy atom. The highest BCUT2D eigenvalue weighted by atomic mass is 32.2. The van der Waals surface area contributed by atoms with Crippen LogP contribution < -0.4 is 16.0 Å². The standard InChI is InChI=1S/C40H42FN3O5S2/c1-6-49-39(48)34-31-20-17-27(40(3,4)5)22-33(31)51-38(34)44-35(45)24(2)50-30-14-10-13-29(23-30)42-37(47)32(21-25-15-18-28(41)19-16-25)43-36(46)26-11-8-7-9-12-26/h7-16,18-19,21,23-24,27H,6,17,20,22H2,1-5H3,(H,42,47)(H,43,46)(H,44,45)/b32-21+. The number of ether oxygens (including phenoxy) is 1. The van der Waals surface area contributed by atoms with E-state index in [1.165, 1.54) is 53.4 Å². The average Bonchev–Trinajstić information content (AvgIpc) is 3.46. The smallest absolute Gasteiger partial charge is 0.341 e. The Morgan fingerprint density at radius 2 is 1.73 bits per heavy atom. The summed E-state index contributed by atoms with van der Waals surface area (Å²) < 4.78 is 19.0. The van der Waals surface area contributed by atoms with Gasteiger partial charge < -0.3 is 20.7 Å². The number of anilines is 2. The van der Waals surface area contributed by atoms with Crippen LogP contribution in [0.4, 0.5) is 15.1 Å². The number of rotatable bonds is 11. The van der Waals surface area contributed by atoms with Gasteiger partial charge in [-0.1, -0.05) is 57.2 Å². The lowest BCUT2D eigenvalue weighted by molar-refractivity contribution is -0.115. The Bertz CT molecular complexity index is 1930. The lowest BCUT2D eigenvalue weighted by atomic mass is 9.72. The summed E-state index contributed by atoms with van der Waals surface area (Å²) >= 11 is 2.76. The quantitative estimate of drug-likeness (QED) is 0.0809. The molecule has 1 aliphatic rings. The zero-order valence-electron chi connectivity index (χ0n) is 29.3. The number of carbonyl (C=O) groups excluding carboxylic acids is 4. The third kappa shape index (κ3) is 9.74. The maximum atomic E-state index is 13.5. The minimum atomic E-state index is -0.585. The minimum absolute atomic E-state index is 0.0360. The Hall–Kier alpha value is -4.74. The molecular weight excluding hydrogens is 686 g/mol. The molecule has 3 amide bonds. The normalized spacial score (nSPS) is 14.9. The van der Waals surface area contributed by atoms with Crippen molar-refractivity contribution in [2.75, 3.05) is 17.2 Å². The van der Waals surface area contributed by atoms with E-state index in [1.807, 2.05) is 6.07 Å². The fraction of sp³-hybridized carbons (Fsp3) is 0.300. The Kier molecular flexibility index (Phi) is 12.2. The van der Waals surface area contributed by atoms with Gasteiger partial charge in [-0.3, -0.25) is 14.4 Å². The van der Waals surface area contributed by atoms with Crippen LogP contribution in [0.1, 0.15) is 77.8 Å². The summed E-state index contributed by atoms with van der Waals surface area (Å²) in [5.74, 6) is -1.70. The van der Waals surface area contributed by atoms with Crippen molar-refractivity contribution in [3.05, 3.63) is 118 Å². The highest BCUT2D eigenvalue weighted by Gasteiger charge is 2.35. The van der Waals surface area contributed by atoms with E-state index in [0.717, 1.165) is 34.6 Å². The molecule has 4 aromatic rings. The monoisotopic (exact) mass is 727 g/mol. The van der Waals surface area contributed by atoms with Crippen molar-refractivity contribution in [1.29, 1.82) is 0 Å². The van der Waals surface area contributed by atoms with E-state index < -0.39 is 28.9 Å². The highest BCUT2D eigenvalue weighted by molar-refractivity contribution is 8.00. The maximum Gasteiger partial charge on any atom is 0.341 e. The van der Waals surface area contributed by atoms with Crippen LogP contribution in [0.3, 0.4) is 0 Å². The van der Waals surface area contributed by atoms with Gasteiger partial charge in [0.25, 0.3) is 11.8 Å². The molecule has 3 N–H and O–H groups in total. The van der Waals surface area contributed by atoms with Crippen molar-refractivity contribution in [1.82, 2.24) is 5.32 Å². The third-order valence-electron chi connectivity index (χ3n) is 8.69. The largest absolute Gasteiger partial charge is 0.462 e. The van der Waals surface area contributed by atoms with Gasteiger partial charge in [0.05, 0.1) is 17.4 Å². The molecule has 2 atom stereocenters. The van der Waals surface area contributed by atoms with Crippen LogP contribution in [0.25, 0.3) is 6.08 Å². The Labute approximate surface area is 306 Å². The summed E-state index contributed by atoms with van der Waals surface area (Å²) in [6.45, 7) is 10.5. The molecule has 1 aliphatic carbocycles. The second kappa shape index (κ2) is 16.5. The van der Waals surface area contributed by atoms with E-state index in [1.54, 1.807) is 62.4 Å². The van der Waals surface area contributed by atoms with E-state index in [4.69, 9.17) is 4.74 Å². The first kappa shape index (κ1) is 37.5. The molecule has 0 radical (unpaired) electrons. The predicted octanol–water partition coefficient (Wildman–Crippen LogP) is 8.74. The molecule has 2 unspecified atom stereocenters. The van der Waals surface area contributed by atoms with Crippen LogP contribution in [0.5, 0.6) is 0 Å². The lowest BCUT2D eigenvalue weighted by Crippen LogP contribution is -2.30. The van der Waals surface area contributed by atoms with Gasteiger partial charge in [-0.05, 0) is 104 Å². The molecule has 0 aliphatic heterocycles. The van der Waals surface area contributed by atoms with E-state index in [9.17, 15) is 23.6 Å². The predicted molar refractivity (Wildman–Crippen MR) is 203 cm³/mol. The number of esters is 1. The molecule has 51 heavy (non-hydrogen) atoms. The molecule has 8 nitrogen and oxygen atoms in total. The molecule has 0 saturated carbocycles. The van der Waals surface area contributed by atoms with Gasteiger partial charge in [-0.15, -0.1) is 23.1 Å². The van der Waals surface area contributed by atoms with Gasteiger partial charge in [0.2, 0.25) is 5.91 Å². The van der Waals surface area contributed by atoms with Crippen LogP contribution in [0.2, 0.25) is 0 Å². The first-order valence-corrected chi connectivity index (χ1v) is 18.6. The molecule has 0 fully saturated rings. The fourth-order valence-electron chi connectivity index (χ4n) is 5.82. The number of benzene rings is 3. The second-order valence-electron chi connectivity index (χ2n) is 13.4. The molecular formula is C40H42FN3O5S2. The summed E-state index contributed by atoms with van der Waals surface area (Å²) in [5.41, 5.74) is 2.86. The number of thioether (sulfide) groups is 1. The van der Waals surface area contributed by atoms with Gasteiger partial charge in [-0.2, -0.15) is 0 Å². The third-order valence-corrected chi connectivity index (χ3v) is 11.0. The van der Waals surface area contributed by atoms with Crippen LogP contribution in [0.15, 0.2) is 89.5 Å². The van der Waals surface area contributed by atoms with Gasteiger partial charge >= 0.3 is 5.97 Å². The molecule has 5 rings (SSSR count). The van der Waals surface area contributed by atoms with E-state index >= 15 is 0 Å². The van der Waals surface area contributed by atoms with Crippen molar-refractivity contribution in [2.45, 2.75) is 64.0 Å². The molecule has 1 heterocycles. The SMILES string of the molecule is CCOC(=O)c1c(NC(=O)C(C)Sc2cccc(NC(=O)/C(=C\c3ccc(F)cc3)NC(=O)c3ccccc3)c2)sc2c1CCC(C(C)(C)C)C2. The van der Waals surface area contributed by atoms with Crippen LogP contribution in [-0.2, 0) is 27.2 Å². The number of amides is 3. The number of halogens is 1. The number of fused-ring (bicyclic) bond motifs is 1. The van der Waals surface area contributed by atoms with Crippen molar-refractivity contribution in [3.8, 4) is 0 Å². The zero-order valence-corrected chi connectivity index (χ0v) is 30.9. The fourth-order valence-corrected chi connectivity index (χ4v) is 8.06. The minimum Gasteiger partial charge on any atom is -0.462 e. The molecule has 3 aromatic carbocycles. The van der Waals surface area contributed by atoms with Gasteiger partial charge in [0, 0.05) is 21.0 Å². The van der Waals surface area contributed by atoms with Crippen LogP contribution in [0, 0.1) is 17.2 Å². The second-order valence-corrected chi connectivity index (χ2v) is 15.9. The summed E-state index contributed by atoms with van der Waals surface area (Å²) in [7, 11) is 0. The molecule has 0 bridgehead atoms. The first-order valence-electron chi connectivity index (χ1n) is 16.9. The van der Waals surface area contributed by atoms with Gasteiger partial charge in [0.1, 0.15) is 16.5 Å². The molecule has 1 aromatic heterocycles. The number of nitrogens with one attached hydrogen (secondary N) is 3. The number of hydrogen-bond donors (Lipinski definition) is 3. The maximum absolute atomic E-state index is 13.5. The first-order chi connectivity index (χ1) is 24.3. The Balaban J connectivity index is 1.30. The van der Waals surface area contributed by atoms with E-state index in [0.29, 0.717) is 33.3 Å². The average molecular weight is 728 g/mol. The van der Waals surface area contributed by atoms with E-state index in [-0.39, 0.29) is 23.6 Å². The summed E-state index contributed by atoms with van der Waals surface area (Å²) in [4.78, 5) is 54.9. The Morgan fingerprint density at radius 1 is 1.00 bits per heavy atom.